The van der Waals surface area contributed by atoms with E-state index < -0.39 is 0 Å². The van der Waals surface area contributed by atoms with Crippen LogP contribution in [0.15, 0.2) is 39.8 Å². The molecule has 0 atom stereocenters. The Hall–Kier alpha value is -2.55. The highest BCUT2D eigenvalue weighted by Gasteiger charge is 2.21. The zero-order valence-corrected chi connectivity index (χ0v) is 20.3. The number of fused-ring (bicyclic) bond motifs is 2. The fourth-order valence-corrected chi connectivity index (χ4v) is 5.55. The number of aryl methyl sites for hydroxylation is 2. The maximum atomic E-state index is 6.17. The van der Waals surface area contributed by atoms with Crippen LogP contribution in [-0.2, 0) is 19.4 Å². The predicted octanol–water partition coefficient (Wildman–Crippen LogP) is 4.95. The fourth-order valence-electron chi connectivity index (χ4n) is 4.29. The van der Waals surface area contributed by atoms with Gasteiger partial charge in [-0.1, -0.05) is 19.9 Å². The number of aromatic nitrogens is 4. The van der Waals surface area contributed by atoms with E-state index in [4.69, 9.17) is 26.7 Å². The summed E-state index contributed by atoms with van der Waals surface area (Å²) < 4.78 is 7.91. The van der Waals surface area contributed by atoms with Gasteiger partial charge in [-0.2, -0.15) is 9.97 Å². The number of furan rings is 1. The Morgan fingerprint density at radius 2 is 2.15 bits per heavy atom. The summed E-state index contributed by atoms with van der Waals surface area (Å²) in [5.74, 6) is 3.19. The summed E-state index contributed by atoms with van der Waals surface area (Å²) in [6, 6.07) is 8.94. The smallest absolute Gasteiger partial charge is 0.226 e. The second-order valence-electron chi connectivity index (χ2n) is 8.56. The summed E-state index contributed by atoms with van der Waals surface area (Å²) in [6.07, 6.45) is 4.37. The van der Waals surface area contributed by atoms with Gasteiger partial charge in [0.05, 0.1) is 6.26 Å². The molecule has 9 heteroatoms. The first-order chi connectivity index (χ1) is 16.0. The minimum atomic E-state index is 0.138. The zero-order valence-electron chi connectivity index (χ0n) is 18.8. The molecule has 0 saturated heterocycles. The van der Waals surface area contributed by atoms with Crippen LogP contribution in [0, 0.1) is 0 Å². The van der Waals surface area contributed by atoms with Crippen LogP contribution in [0.3, 0.4) is 0 Å². The molecule has 4 aromatic rings. The minimum absolute atomic E-state index is 0.138. The van der Waals surface area contributed by atoms with E-state index in [0.717, 1.165) is 48.8 Å². The number of anilines is 1. The second kappa shape index (κ2) is 9.37. The van der Waals surface area contributed by atoms with Crippen LogP contribution in [-0.4, -0.2) is 37.9 Å². The molecule has 0 aliphatic carbocycles. The number of nitrogens with zero attached hydrogens (tertiary/aromatic N) is 4. The Morgan fingerprint density at radius 1 is 1.27 bits per heavy atom. The largest absolute Gasteiger partial charge is 0.464 e. The lowest BCUT2D eigenvalue weighted by atomic mass is 9.98. The van der Waals surface area contributed by atoms with Crippen molar-refractivity contribution in [3.63, 3.8) is 0 Å². The maximum absolute atomic E-state index is 6.17. The fraction of sp³-hybridized carbons (Fsp3) is 0.375. The number of rotatable bonds is 8. The Bertz CT molecular complexity index is 1280. The van der Waals surface area contributed by atoms with Gasteiger partial charge >= 0.3 is 0 Å². The number of imidazole rings is 1. The van der Waals surface area contributed by atoms with Crippen LogP contribution in [0.2, 0.25) is 5.28 Å². The van der Waals surface area contributed by atoms with Gasteiger partial charge in [-0.15, -0.1) is 11.8 Å². The van der Waals surface area contributed by atoms with E-state index in [1.807, 2.05) is 23.9 Å². The van der Waals surface area contributed by atoms with Crippen molar-refractivity contribution in [2.75, 3.05) is 18.0 Å². The first-order valence-corrected chi connectivity index (χ1v) is 12.6. The Kier molecular flexibility index (Phi) is 6.32. The average Bonchev–Trinajstić information content (AvgIpc) is 3.51. The van der Waals surface area contributed by atoms with Crippen molar-refractivity contribution < 1.29 is 4.42 Å². The summed E-state index contributed by atoms with van der Waals surface area (Å²) in [6.45, 7) is 5.95. The molecule has 33 heavy (non-hydrogen) atoms. The topological polar surface area (TPSA) is 94.8 Å². The van der Waals surface area contributed by atoms with Crippen molar-refractivity contribution in [3.05, 3.63) is 52.8 Å². The van der Waals surface area contributed by atoms with Gasteiger partial charge in [-0.3, -0.25) is 0 Å². The number of hydrogen-bond donors (Lipinski definition) is 2. The van der Waals surface area contributed by atoms with Crippen LogP contribution in [0.4, 0.5) is 5.82 Å². The first-order valence-electron chi connectivity index (χ1n) is 11.2. The summed E-state index contributed by atoms with van der Waals surface area (Å²) in [5.41, 5.74) is 11.1. The lowest BCUT2D eigenvalue weighted by molar-refractivity contribution is 0.533. The van der Waals surface area contributed by atoms with Crippen molar-refractivity contribution in [1.82, 2.24) is 24.8 Å². The van der Waals surface area contributed by atoms with Gasteiger partial charge in [0.15, 0.2) is 17.0 Å². The van der Waals surface area contributed by atoms with E-state index >= 15 is 0 Å². The Balaban J connectivity index is 1.56. The number of hydrogen-bond acceptors (Lipinski definition) is 7. The lowest BCUT2D eigenvalue weighted by Gasteiger charge is -2.13. The molecule has 4 heterocycles. The third-order valence-corrected chi connectivity index (χ3v) is 7.10. The number of thioether (sulfide) groups is 1. The van der Waals surface area contributed by atoms with Crippen LogP contribution in [0.5, 0.6) is 0 Å². The van der Waals surface area contributed by atoms with E-state index in [0.29, 0.717) is 29.4 Å². The molecule has 0 unspecified atom stereocenters. The van der Waals surface area contributed by atoms with Crippen LogP contribution in [0.1, 0.15) is 37.2 Å². The Labute approximate surface area is 202 Å². The van der Waals surface area contributed by atoms with Crippen LogP contribution >= 0.6 is 23.4 Å². The number of nitrogens with two attached hydrogens (primary N) is 1. The van der Waals surface area contributed by atoms with Gasteiger partial charge in [0, 0.05) is 35.2 Å². The molecular weight excluding hydrogens is 456 g/mol. The van der Waals surface area contributed by atoms with E-state index in [9.17, 15) is 0 Å². The van der Waals surface area contributed by atoms with Crippen molar-refractivity contribution in [2.45, 2.75) is 50.6 Å². The molecule has 0 bridgehead atoms. The van der Waals surface area contributed by atoms with E-state index in [1.165, 1.54) is 16.0 Å². The van der Waals surface area contributed by atoms with Gasteiger partial charge in [-0.05, 0) is 60.3 Å². The molecule has 1 aliphatic rings. The van der Waals surface area contributed by atoms with Gasteiger partial charge in [0.25, 0.3) is 0 Å². The predicted molar refractivity (Wildman–Crippen MR) is 134 cm³/mol. The number of nitrogen functional groups attached to an aromatic ring is 1. The zero-order chi connectivity index (χ0) is 22.9. The molecule has 0 amide bonds. The van der Waals surface area contributed by atoms with E-state index in [-0.39, 0.29) is 5.28 Å². The highest BCUT2D eigenvalue weighted by Crippen LogP contribution is 2.38. The van der Waals surface area contributed by atoms with Crippen LogP contribution < -0.4 is 11.1 Å². The average molecular weight is 483 g/mol. The SMILES string of the molecule is CC(C)NCCCn1c(Cc2cc3c(cc2-c2ccco2)SCC3)nc2c(N)nc(Cl)nc21. The molecule has 0 radical (unpaired) electrons. The molecule has 5 rings (SSSR count). The third kappa shape index (κ3) is 4.60. The van der Waals surface area contributed by atoms with Gasteiger partial charge in [0.1, 0.15) is 11.6 Å². The first kappa shape index (κ1) is 22.3. The standard InChI is InChI=1S/C24H27ClN6OS/c1-14(2)27-7-4-8-31-20(28-21-22(26)29-24(25)30-23(21)31)12-16-11-15-6-10-33-19(15)13-17(16)18-5-3-9-32-18/h3,5,9,11,13-14,27H,4,6-8,10,12H2,1-2H3,(H2,26,29,30). The molecule has 3 aromatic heterocycles. The minimum Gasteiger partial charge on any atom is -0.464 e. The number of benzene rings is 1. The molecule has 7 nitrogen and oxygen atoms in total. The molecule has 1 aromatic carbocycles. The maximum Gasteiger partial charge on any atom is 0.226 e. The molecule has 0 saturated carbocycles. The summed E-state index contributed by atoms with van der Waals surface area (Å²) >= 11 is 8.06. The van der Waals surface area contributed by atoms with Gasteiger partial charge in [0.2, 0.25) is 5.28 Å². The number of halogens is 1. The van der Waals surface area contributed by atoms with E-state index in [1.54, 1.807) is 6.26 Å². The molecular formula is C24H27ClN6OS. The summed E-state index contributed by atoms with van der Waals surface area (Å²) in [7, 11) is 0. The van der Waals surface area contributed by atoms with Gasteiger partial charge in [-0.25, -0.2) is 4.98 Å². The second-order valence-corrected chi connectivity index (χ2v) is 10.0. The van der Waals surface area contributed by atoms with Crippen molar-refractivity contribution >= 4 is 40.3 Å². The quantitative estimate of drug-likeness (QED) is 0.271. The summed E-state index contributed by atoms with van der Waals surface area (Å²) in [4.78, 5) is 14.8. The normalized spacial score (nSPS) is 13.3. The monoisotopic (exact) mass is 482 g/mol. The molecule has 1 aliphatic heterocycles. The Morgan fingerprint density at radius 3 is 2.94 bits per heavy atom. The molecule has 0 spiro atoms. The number of nitrogens with one attached hydrogen (secondary N) is 1. The van der Waals surface area contributed by atoms with E-state index in [2.05, 4.69) is 45.8 Å². The van der Waals surface area contributed by atoms with Crippen molar-refractivity contribution in [2.24, 2.45) is 0 Å². The molecule has 172 valence electrons. The third-order valence-electron chi connectivity index (χ3n) is 5.83. The van der Waals surface area contributed by atoms with Crippen molar-refractivity contribution in [3.8, 4) is 11.3 Å². The highest BCUT2D eigenvalue weighted by atomic mass is 35.5. The highest BCUT2D eigenvalue weighted by molar-refractivity contribution is 7.99. The van der Waals surface area contributed by atoms with Crippen molar-refractivity contribution in [1.29, 1.82) is 0 Å². The van der Waals surface area contributed by atoms with Crippen LogP contribution in [0.25, 0.3) is 22.5 Å². The van der Waals surface area contributed by atoms with Gasteiger partial charge < -0.3 is 20.0 Å². The lowest BCUT2D eigenvalue weighted by Crippen LogP contribution is -2.24. The summed E-state index contributed by atoms with van der Waals surface area (Å²) in [5, 5.41) is 3.61. The molecule has 0 fully saturated rings. The molecule has 3 N–H and O–H groups in total.